The van der Waals surface area contributed by atoms with E-state index in [0.717, 1.165) is 25.2 Å². The number of aliphatic imine (C=N–C) groups is 1. The highest BCUT2D eigenvalue weighted by Crippen LogP contribution is 2.01. The van der Waals surface area contributed by atoms with E-state index in [2.05, 4.69) is 16.9 Å². The summed E-state index contributed by atoms with van der Waals surface area (Å²) in [5, 5.41) is 0. The van der Waals surface area contributed by atoms with Crippen molar-refractivity contribution in [3.8, 4) is 0 Å². The lowest BCUT2D eigenvalue weighted by atomic mass is 10.3. The summed E-state index contributed by atoms with van der Waals surface area (Å²) in [5.74, 6) is 0.753. The molecule has 0 atom stereocenters. The molecule has 0 amide bonds. The zero-order valence-electron chi connectivity index (χ0n) is 9.23. The largest absolute Gasteiger partial charge is 0.322 e. The monoisotopic (exact) mass is 207 g/mol. The van der Waals surface area contributed by atoms with E-state index in [-0.39, 0.29) is 5.56 Å². The summed E-state index contributed by atoms with van der Waals surface area (Å²) in [6, 6.07) is 5.06. The molecule has 0 aliphatic carbocycles. The summed E-state index contributed by atoms with van der Waals surface area (Å²) in [7, 11) is 1.86. The van der Waals surface area contributed by atoms with Gasteiger partial charge in [-0.15, -0.1) is 0 Å². The SMILES string of the molecule is CCCCN=CN(C)c1cccc(=O)[nH]1. The summed E-state index contributed by atoms with van der Waals surface area (Å²) < 4.78 is 0. The van der Waals surface area contributed by atoms with Crippen LogP contribution >= 0.6 is 0 Å². The van der Waals surface area contributed by atoms with Gasteiger partial charge in [0.2, 0.25) is 5.56 Å². The van der Waals surface area contributed by atoms with Crippen LogP contribution in [0.15, 0.2) is 28.0 Å². The van der Waals surface area contributed by atoms with E-state index in [0.29, 0.717) is 0 Å². The molecule has 0 saturated carbocycles. The fraction of sp³-hybridized carbons (Fsp3) is 0.455. The highest BCUT2D eigenvalue weighted by Gasteiger charge is 1.96. The highest BCUT2D eigenvalue weighted by atomic mass is 16.1. The first-order chi connectivity index (χ1) is 7.24. The summed E-state index contributed by atoms with van der Waals surface area (Å²) in [6.07, 6.45) is 3.97. The third-order valence-electron chi connectivity index (χ3n) is 2.03. The number of nitrogens with one attached hydrogen (secondary N) is 1. The third-order valence-corrected chi connectivity index (χ3v) is 2.03. The fourth-order valence-electron chi connectivity index (χ4n) is 1.13. The van der Waals surface area contributed by atoms with Crippen molar-refractivity contribution in [3.05, 3.63) is 28.6 Å². The van der Waals surface area contributed by atoms with Gasteiger partial charge in [-0.25, -0.2) is 0 Å². The average molecular weight is 207 g/mol. The van der Waals surface area contributed by atoms with Crippen molar-refractivity contribution in [2.24, 2.45) is 4.99 Å². The van der Waals surface area contributed by atoms with Gasteiger partial charge in [0.25, 0.3) is 0 Å². The first-order valence-electron chi connectivity index (χ1n) is 5.16. The summed E-state index contributed by atoms with van der Waals surface area (Å²) in [5.41, 5.74) is -0.0960. The van der Waals surface area contributed by atoms with E-state index in [1.807, 2.05) is 13.1 Å². The van der Waals surface area contributed by atoms with Crippen LogP contribution in [-0.4, -0.2) is 24.9 Å². The van der Waals surface area contributed by atoms with Gasteiger partial charge in [-0.3, -0.25) is 9.79 Å². The Balaban J connectivity index is 2.57. The number of unbranched alkanes of at least 4 members (excludes halogenated alkanes) is 1. The topological polar surface area (TPSA) is 48.5 Å². The van der Waals surface area contributed by atoms with Crippen LogP contribution in [0.5, 0.6) is 0 Å². The van der Waals surface area contributed by atoms with E-state index >= 15 is 0 Å². The molecule has 1 aromatic heterocycles. The predicted molar refractivity (Wildman–Crippen MR) is 63.7 cm³/mol. The van der Waals surface area contributed by atoms with Crippen molar-refractivity contribution in [2.75, 3.05) is 18.5 Å². The van der Waals surface area contributed by atoms with Gasteiger partial charge in [0.05, 0.1) is 6.34 Å². The van der Waals surface area contributed by atoms with E-state index in [1.165, 1.54) is 6.07 Å². The van der Waals surface area contributed by atoms with Gasteiger partial charge in [0.1, 0.15) is 5.82 Å². The van der Waals surface area contributed by atoms with Crippen LogP contribution < -0.4 is 10.5 Å². The van der Waals surface area contributed by atoms with Crippen molar-refractivity contribution in [2.45, 2.75) is 19.8 Å². The molecule has 1 aromatic rings. The molecular weight excluding hydrogens is 190 g/mol. The number of pyridine rings is 1. The minimum Gasteiger partial charge on any atom is -0.322 e. The van der Waals surface area contributed by atoms with Crippen LogP contribution in [0.4, 0.5) is 5.82 Å². The molecule has 1 N–H and O–H groups in total. The van der Waals surface area contributed by atoms with Crippen molar-refractivity contribution in [1.82, 2.24) is 4.98 Å². The summed E-state index contributed by atoms with van der Waals surface area (Å²) >= 11 is 0. The Bertz CT molecular complexity index is 370. The molecule has 15 heavy (non-hydrogen) atoms. The van der Waals surface area contributed by atoms with Gasteiger partial charge in [0.15, 0.2) is 0 Å². The number of anilines is 1. The van der Waals surface area contributed by atoms with Crippen LogP contribution in [0, 0.1) is 0 Å². The molecular formula is C11H17N3O. The van der Waals surface area contributed by atoms with Crippen molar-refractivity contribution >= 4 is 12.2 Å². The smallest absolute Gasteiger partial charge is 0.249 e. The fourth-order valence-corrected chi connectivity index (χ4v) is 1.13. The minimum atomic E-state index is -0.0960. The molecule has 0 aromatic carbocycles. The average Bonchev–Trinajstić information content (AvgIpc) is 2.24. The maximum Gasteiger partial charge on any atom is 0.249 e. The summed E-state index contributed by atoms with van der Waals surface area (Å²) in [6.45, 7) is 2.96. The summed E-state index contributed by atoms with van der Waals surface area (Å²) in [4.78, 5) is 19.8. The second-order valence-corrected chi connectivity index (χ2v) is 3.39. The number of rotatable bonds is 5. The lowest BCUT2D eigenvalue weighted by Gasteiger charge is -2.11. The van der Waals surface area contributed by atoms with Crippen molar-refractivity contribution < 1.29 is 0 Å². The Morgan fingerprint density at radius 3 is 3.00 bits per heavy atom. The zero-order valence-corrected chi connectivity index (χ0v) is 9.23. The Labute approximate surface area is 89.7 Å². The predicted octanol–water partition coefficient (Wildman–Crippen LogP) is 1.64. The molecule has 0 aliphatic rings. The van der Waals surface area contributed by atoms with Gasteiger partial charge >= 0.3 is 0 Å². The second kappa shape index (κ2) is 6.01. The van der Waals surface area contributed by atoms with Gasteiger partial charge in [-0.1, -0.05) is 19.4 Å². The normalized spacial score (nSPS) is 10.8. The van der Waals surface area contributed by atoms with E-state index in [4.69, 9.17) is 0 Å². The molecule has 0 bridgehead atoms. The Morgan fingerprint density at radius 1 is 1.53 bits per heavy atom. The van der Waals surface area contributed by atoms with Crippen molar-refractivity contribution in [1.29, 1.82) is 0 Å². The third kappa shape index (κ3) is 3.97. The van der Waals surface area contributed by atoms with Crippen LogP contribution in [0.2, 0.25) is 0 Å². The van der Waals surface area contributed by atoms with E-state index < -0.39 is 0 Å². The molecule has 0 aliphatic heterocycles. The number of hydrogen-bond donors (Lipinski definition) is 1. The lowest BCUT2D eigenvalue weighted by molar-refractivity contribution is 0.808. The standard InChI is InChI=1S/C11H17N3O/c1-3-4-8-12-9-14(2)10-6-5-7-11(15)13-10/h5-7,9H,3-4,8H2,1-2H3,(H,13,15). The Kier molecular flexibility index (Phi) is 4.60. The first kappa shape index (κ1) is 11.5. The van der Waals surface area contributed by atoms with Crippen LogP contribution in [0.3, 0.4) is 0 Å². The molecule has 1 heterocycles. The van der Waals surface area contributed by atoms with E-state index in [1.54, 1.807) is 17.3 Å². The molecule has 82 valence electrons. The molecule has 4 nitrogen and oxygen atoms in total. The van der Waals surface area contributed by atoms with Gasteiger partial charge < -0.3 is 9.88 Å². The lowest BCUT2D eigenvalue weighted by Crippen LogP contribution is -2.19. The maximum absolute atomic E-state index is 11.0. The number of H-pyrrole nitrogens is 1. The molecule has 0 spiro atoms. The zero-order chi connectivity index (χ0) is 11.1. The number of aromatic amines is 1. The van der Waals surface area contributed by atoms with Crippen LogP contribution in [-0.2, 0) is 0 Å². The number of hydrogen-bond acceptors (Lipinski definition) is 2. The quantitative estimate of drug-likeness (QED) is 0.453. The molecule has 0 unspecified atom stereocenters. The highest BCUT2D eigenvalue weighted by molar-refractivity contribution is 5.76. The Hall–Kier alpha value is -1.58. The maximum atomic E-state index is 11.0. The van der Waals surface area contributed by atoms with Crippen molar-refractivity contribution in [3.63, 3.8) is 0 Å². The molecule has 4 heteroatoms. The number of aromatic nitrogens is 1. The number of nitrogens with zero attached hydrogens (tertiary/aromatic N) is 2. The molecule has 0 saturated heterocycles. The van der Waals surface area contributed by atoms with Crippen LogP contribution in [0.1, 0.15) is 19.8 Å². The molecule has 0 radical (unpaired) electrons. The minimum absolute atomic E-state index is 0.0960. The Morgan fingerprint density at radius 2 is 2.33 bits per heavy atom. The van der Waals surface area contributed by atoms with E-state index in [9.17, 15) is 4.79 Å². The van der Waals surface area contributed by atoms with Gasteiger partial charge in [-0.05, 0) is 12.5 Å². The second-order valence-electron chi connectivity index (χ2n) is 3.39. The van der Waals surface area contributed by atoms with Gasteiger partial charge in [0, 0.05) is 19.7 Å². The van der Waals surface area contributed by atoms with Gasteiger partial charge in [-0.2, -0.15) is 0 Å². The molecule has 0 fully saturated rings. The molecule has 1 rings (SSSR count). The first-order valence-corrected chi connectivity index (χ1v) is 5.16. The van der Waals surface area contributed by atoms with Crippen LogP contribution in [0.25, 0.3) is 0 Å².